The fourth-order valence-corrected chi connectivity index (χ4v) is 7.70. The summed E-state index contributed by atoms with van der Waals surface area (Å²) in [5.74, 6) is 1.89. The molecule has 4 aromatic rings. The molecule has 10 nitrogen and oxygen atoms in total. The van der Waals surface area contributed by atoms with Gasteiger partial charge in [0.25, 0.3) is 0 Å². The average Bonchev–Trinajstić information content (AvgIpc) is 3.00. The van der Waals surface area contributed by atoms with E-state index in [2.05, 4.69) is 90.6 Å². The van der Waals surface area contributed by atoms with Gasteiger partial charge in [0.05, 0.1) is 34.4 Å². The first-order valence-corrected chi connectivity index (χ1v) is 18.1. The lowest BCUT2D eigenvalue weighted by atomic mass is 9.97. The molecular formula is C32H40BrN8O2P. The summed E-state index contributed by atoms with van der Waals surface area (Å²) in [6.45, 7) is 13.7. The van der Waals surface area contributed by atoms with Gasteiger partial charge < -0.3 is 25.0 Å². The standard InChI is InChI=1S/C32H40BrN8O2P/c1-6-43-22-18-41(19-22)21-9-13-40(14-10-21)27-16-28(42-3)26(15-20(27)2)38-32-36-17-23(33)31(39-32)37-25-8-7-24-29(30(25)44(4)5)35-12-11-34-24/h7-8,11-12,15-17,21-22H,6,9-10,13-14,18-19H2,1-5H3,(H2,36,37,38,39). The van der Waals surface area contributed by atoms with Crippen LogP contribution in [0, 0.1) is 6.92 Å². The molecule has 2 aromatic carbocycles. The van der Waals surface area contributed by atoms with E-state index in [1.807, 2.05) is 12.1 Å². The van der Waals surface area contributed by atoms with E-state index in [1.165, 1.54) is 11.3 Å². The maximum absolute atomic E-state index is 5.85. The van der Waals surface area contributed by atoms with E-state index in [-0.39, 0.29) is 0 Å². The molecule has 4 heterocycles. The number of nitrogens with one attached hydrogen (secondary N) is 2. The third-order valence-electron chi connectivity index (χ3n) is 8.42. The van der Waals surface area contributed by atoms with Crippen LogP contribution >= 0.6 is 23.9 Å². The molecule has 232 valence electrons. The lowest BCUT2D eigenvalue weighted by Gasteiger charge is -2.47. The van der Waals surface area contributed by atoms with Gasteiger partial charge in [-0.15, -0.1) is 0 Å². The largest absolute Gasteiger partial charge is 0.494 e. The van der Waals surface area contributed by atoms with Crippen molar-refractivity contribution >= 4 is 69.0 Å². The van der Waals surface area contributed by atoms with Gasteiger partial charge in [-0.05, 0) is 79.7 Å². The Morgan fingerprint density at radius 2 is 1.80 bits per heavy atom. The number of nitrogens with zero attached hydrogens (tertiary/aromatic N) is 6. The van der Waals surface area contributed by atoms with Crippen LogP contribution in [0.5, 0.6) is 5.75 Å². The zero-order chi connectivity index (χ0) is 30.8. The van der Waals surface area contributed by atoms with Crippen LogP contribution in [0.4, 0.5) is 28.8 Å². The number of aryl methyl sites for hydroxylation is 1. The minimum absolute atomic E-state index is 0.415. The fraction of sp³-hybridized carbons (Fsp3) is 0.438. The Morgan fingerprint density at radius 3 is 2.52 bits per heavy atom. The summed E-state index contributed by atoms with van der Waals surface area (Å²) >= 11 is 3.63. The molecule has 12 heteroatoms. The van der Waals surface area contributed by atoms with Crippen LogP contribution in [0.15, 0.2) is 47.3 Å². The number of hydrogen-bond acceptors (Lipinski definition) is 10. The van der Waals surface area contributed by atoms with Gasteiger partial charge in [-0.25, -0.2) is 4.98 Å². The summed E-state index contributed by atoms with van der Waals surface area (Å²) in [6.07, 6.45) is 7.96. The number of anilines is 5. The second-order valence-electron chi connectivity index (χ2n) is 11.5. The molecule has 2 fully saturated rings. The highest BCUT2D eigenvalue weighted by molar-refractivity contribution is 9.10. The van der Waals surface area contributed by atoms with Crippen LogP contribution in [0.1, 0.15) is 25.3 Å². The van der Waals surface area contributed by atoms with Crippen LogP contribution in [0.2, 0.25) is 0 Å². The monoisotopic (exact) mass is 678 g/mol. The van der Waals surface area contributed by atoms with Crippen LogP contribution in [-0.2, 0) is 4.74 Å². The molecule has 0 bridgehead atoms. The molecule has 0 unspecified atom stereocenters. The summed E-state index contributed by atoms with van der Waals surface area (Å²) < 4.78 is 12.4. The topological polar surface area (TPSA) is 101 Å². The molecule has 0 atom stereocenters. The summed E-state index contributed by atoms with van der Waals surface area (Å²) in [5, 5.41) is 8.08. The van der Waals surface area contributed by atoms with Gasteiger partial charge in [-0.3, -0.25) is 14.9 Å². The second kappa shape index (κ2) is 13.5. The van der Waals surface area contributed by atoms with Gasteiger partial charge >= 0.3 is 0 Å². The summed E-state index contributed by atoms with van der Waals surface area (Å²) in [6, 6.07) is 8.94. The normalized spacial score (nSPS) is 16.4. The van der Waals surface area contributed by atoms with E-state index in [0.29, 0.717) is 23.9 Å². The maximum atomic E-state index is 5.85. The van der Waals surface area contributed by atoms with Gasteiger partial charge in [0.15, 0.2) is 0 Å². The Morgan fingerprint density at radius 1 is 1.02 bits per heavy atom. The smallest absolute Gasteiger partial charge is 0.229 e. The molecule has 0 amide bonds. The Balaban J connectivity index is 1.18. The number of rotatable bonds is 10. The molecular weight excluding hydrogens is 639 g/mol. The van der Waals surface area contributed by atoms with Crippen molar-refractivity contribution in [3.05, 3.63) is 52.9 Å². The van der Waals surface area contributed by atoms with E-state index in [1.54, 1.807) is 25.7 Å². The maximum Gasteiger partial charge on any atom is 0.229 e. The molecule has 2 aliphatic rings. The molecule has 6 rings (SSSR count). The van der Waals surface area contributed by atoms with E-state index in [0.717, 1.165) is 83.6 Å². The van der Waals surface area contributed by atoms with Gasteiger partial charge in [0.1, 0.15) is 11.6 Å². The summed E-state index contributed by atoms with van der Waals surface area (Å²) in [5.41, 5.74) is 5.98. The number of fused-ring (bicyclic) bond motifs is 1. The summed E-state index contributed by atoms with van der Waals surface area (Å²) in [7, 11) is 1.24. The lowest BCUT2D eigenvalue weighted by molar-refractivity contribution is -0.0712. The lowest BCUT2D eigenvalue weighted by Crippen LogP contribution is -2.58. The first kappa shape index (κ1) is 30.9. The molecule has 0 spiro atoms. The van der Waals surface area contributed by atoms with Gasteiger partial charge in [0, 0.05) is 80.2 Å². The molecule has 2 N–H and O–H groups in total. The van der Waals surface area contributed by atoms with Crippen molar-refractivity contribution in [2.45, 2.75) is 38.8 Å². The number of piperidine rings is 1. The fourth-order valence-electron chi connectivity index (χ4n) is 6.20. The van der Waals surface area contributed by atoms with Gasteiger partial charge in [0.2, 0.25) is 5.95 Å². The van der Waals surface area contributed by atoms with E-state index in [9.17, 15) is 0 Å². The van der Waals surface area contributed by atoms with Gasteiger partial charge in [-0.1, -0.05) is 7.92 Å². The minimum Gasteiger partial charge on any atom is -0.494 e. The van der Waals surface area contributed by atoms with Gasteiger partial charge in [-0.2, -0.15) is 4.98 Å². The van der Waals surface area contributed by atoms with Crippen molar-refractivity contribution in [1.29, 1.82) is 0 Å². The Labute approximate surface area is 268 Å². The number of halogens is 1. The average molecular weight is 680 g/mol. The molecule has 2 aliphatic heterocycles. The van der Waals surface area contributed by atoms with Crippen molar-refractivity contribution in [3.8, 4) is 5.75 Å². The van der Waals surface area contributed by atoms with E-state index in [4.69, 9.17) is 14.5 Å². The minimum atomic E-state index is -0.463. The molecule has 2 aromatic heterocycles. The second-order valence-corrected chi connectivity index (χ2v) is 14.6. The molecule has 0 aliphatic carbocycles. The number of aromatic nitrogens is 4. The molecule has 0 radical (unpaired) electrons. The highest BCUT2D eigenvalue weighted by atomic mass is 79.9. The predicted octanol–water partition coefficient (Wildman–Crippen LogP) is 6.04. The highest BCUT2D eigenvalue weighted by Gasteiger charge is 2.34. The van der Waals surface area contributed by atoms with E-state index >= 15 is 0 Å². The predicted molar refractivity (Wildman–Crippen MR) is 184 cm³/mol. The van der Waals surface area contributed by atoms with Crippen LogP contribution in [-0.4, -0.2) is 90.2 Å². The van der Waals surface area contributed by atoms with Crippen molar-refractivity contribution in [3.63, 3.8) is 0 Å². The van der Waals surface area contributed by atoms with Crippen LogP contribution < -0.4 is 25.6 Å². The quantitative estimate of drug-likeness (QED) is 0.193. The van der Waals surface area contributed by atoms with Crippen molar-refractivity contribution in [2.24, 2.45) is 0 Å². The zero-order valence-electron chi connectivity index (χ0n) is 26.0. The van der Waals surface area contributed by atoms with Crippen molar-refractivity contribution in [1.82, 2.24) is 24.8 Å². The van der Waals surface area contributed by atoms with Crippen LogP contribution in [0.3, 0.4) is 0 Å². The van der Waals surface area contributed by atoms with Crippen molar-refractivity contribution in [2.75, 3.05) is 68.8 Å². The first-order chi connectivity index (χ1) is 21.3. The number of ether oxygens (including phenoxy) is 2. The number of methoxy groups -OCH3 is 1. The Hall–Kier alpha value is -3.11. The first-order valence-electron chi connectivity index (χ1n) is 15.1. The van der Waals surface area contributed by atoms with E-state index < -0.39 is 7.92 Å². The molecule has 0 saturated carbocycles. The Kier molecular flexibility index (Phi) is 9.47. The van der Waals surface area contributed by atoms with Crippen LogP contribution in [0.25, 0.3) is 11.0 Å². The highest BCUT2D eigenvalue weighted by Crippen LogP contribution is 2.38. The third-order valence-corrected chi connectivity index (χ3v) is 10.4. The zero-order valence-corrected chi connectivity index (χ0v) is 28.5. The Bertz CT molecular complexity index is 1630. The third kappa shape index (κ3) is 6.47. The summed E-state index contributed by atoms with van der Waals surface area (Å²) in [4.78, 5) is 23.6. The molecule has 44 heavy (non-hydrogen) atoms. The number of likely N-dealkylation sites (tertiary alicyclic amines) is 1. The SMILES string of the molecule is CCOC1CN(C2CCN(c3cc(OC)c(Nc4ncc(Br)c(Nc5ccc6nccnc6c5P(C)C)n4)cc3C)CC2)C1. The number of hydrogen-bond donors (Lipinski definition) is 2. The van der Waals surface area contributed by atoms with Crippen molar-refractivity contribution < 1.29 is 9.47 Å². The number of benzene rings is 2. The molecule has 2 saturated heterocycles.